The van der Waals surface area contributed by atoms with E-state index in [1.165, 1.54) is 18.7 Å². The number of imidazole rings is 1. The van der Waals surface area contributed by atoms with Gasteiger partial charge in [-0.3, -0.25) is 9.36 Å². The highest BCUT2D eigenvalue weighted by Crippen LogP contribution is 2.25. The summed E-state index contributed by atoms with van der Waals surface area (Å²) < 4.78 is 30.3. The number of hydrogen-bond donors (Lipinski definition) is 2. The quantitative estimate of drug-likeness (QED) is 0.462. The molecule has 3 heterocycles. The number of aromatic amines is 1. The molecule has 5 aromatic rings. The van der Waals surface area contributed by atoms with Gasteiger partial charge in [0.15, 0.2) is 11.5 Å². The molecular weight excluding hydrogens is 404 g/mol. The van der Waals surface area contributed by atoms with Crippen LogP contribution in [0.3, 0.4) is 0 Å². The van der Waals surface area contributed by atoms with Crippen molar-refractivity contribution >= 4 is 27.9 Å². The zero-order valence-corrected chi connectivity index (χ0v) is 16.2. The predicted octanol–water partition coefficient (Wildman–Crippen LogP) is 3.50. The molecule has 3 aromatic heterocycles. The van der Waals surface area contributed by atoms with Gasteiger partial charge in [0.1, 0.15) is 35.0 Å². The van der Waals surface area contributed by atoms with Crippen LogP contribution >= 0.6 is 0 Å². The number of aromatic nitrogens is 6. The monoisotopic (exact) mass is 419 g/mol. The minimum Gasteiger partial charge on any atom is -0.358 e. The largest absolute Gasteiger partial charge is 0.358 e. The highest BCUT2D eigenvalue weighted by Gasteiger charge is 2.23. The maximum Gasteiger partial charge on any atom is 0.266 e. The van der Waals surface area contributed by atoms with Crippen LogP contribution in [0.1, 0.15) is 18.8 Å². The molecule has 0 saturated carbocycles. The van der Waals surface area contributed by atoms with Crippen molar-refractivity contribution in [2.45, 2.75) is 13.0 Å². The average molecular weight is 419 g/mol. The molecule has 0 amide bonds. The van der Waals surface area contributed by atoms with E-state index < -0.39 is 28.9 Å². The standard InChI is InChI=1S/C21H15F2N7O/c1-11(28-19-16-18(25-9-24-16)26-10-27-19)20-29-15-8-3-2-5-12(15)21(31)30(20)17-13(22)6-4-7-14(17)23/h2-11H,1H3,(H2,24,25,26,27,28)/t11-/m0/s1. The number of para-hydroxylation sites is 2. The van der Waals surface area contributed by atoms with E-state index in [-0.39, 0.29) is 11.2 Å². The Hall–Kier alpha value is -4.21. The Bertz CT molecular complexity index is 1470. The SMILES string of the molecule is C[C@H](Nc1ncnc2nc[nH]c12)c1nc2ccccc2c(=O)n1-c1c(F)cccc1F. The third-order valence-corrected chi connectivity index (χ3v) is 4.93. The van der Waals surface area contributed by atoms with Crippen LogP contribution in [-0.4, -0.2) is 29.5 Å². The van der Waals surface area contributed by atoms with Gasteiger partial charge in [-0.05, 0) is 31.2 Å². The van der Waals surface area contributed by atoms with Gasteiger partial charge in [-0.2, -0.15) is 0 Å². The Morgan fingerprint density at radius 1 is 1.03 bits per heavy atom. The number of nitrogens with zero attached hydrogens (tertiary/aromatic N) is 5. The van der Waals surface area contributed by atoms with Crippen LogP contribution in [0.15, 0.2) is 59.9 Å². The summed E-state index contributed by atoms with van der Waals surface area (Å²) in [5, 5.41) is 3.39. The number of anilines is 1. The highest BCUT2D eigenvalue weighted by molar-refractivity contribution is 5.82. The van der Waals surface area contributed by atoms with Gasteiger partial charge in [0, 0.05) is 0 Å². The third kappa shape index (κ3) is 3.08. The fraction of sp³-hybridized carbons (Fsp3) is 0.0952. The van der Waals surface area contributed by atoms with Gasteiger partial charge in [0.05, 0.1) is 23.3 Å². The van der Waals surface area contributed by atoms with Gasteiger partial charge < -0.3 is 10.3 Å². The van der Waals surface area contributed by atoms with Crippen LogP contribution in [0.2, 0.25) is 0 Å². The van der Waals surface area contributed by atoms with Gasteiger partial charge >= 0.3 is 0 Å². The Balaban J connectivity index is 1.74. The van der Waals surface area contributed by atoms with Gasteiger partial charge in [0.2, 0.25) is 0 Å². The summed E-state index contributed by atoms with van der Waals surface area (Å²) in [7, 11) is 0. The molecule has 2 N–H and O–H groups in total. The molecule has 1 atom stereocenters. The van der Waals surface area contributed by atoms with Crippen LogP contribution in [0.4, 0.5) is 14.6 Å². The molecule has 0 spiro atoms. The Labute approximate surface area is 173 Å². The molecule has 5 rings (SSSR count). The molecule has 8 nitrogen and oxygen atoms in total. The average Bonchev–Trinajstić information content (AvgIpc) is 3.25. The van der Waals surface area contributed by atoms with Crippen molar-refractivity contribution in [3.05, 3.63) is 82.9 Å². The molecule has 0 aliphatic carbocycles. The summed E-state index contributed by atoms with van der Waals surface area (Å²) in [5.74, 6) is -1.20. The van der Waals surface area contributed by atoms with Crippen LogP contribution in [0.5, 0.6) is 0 Å². The smallest absolute Gasteiger partial charge is 0.266 e. The molecule has 0 unspecified atom stereocenters. The molecule has 0 aliphatic rings. The fourth-order valence-electron chi connectivity index (χ4n) is 3.50. The molecule has 0 radical (unpaired) electrons. The van der Waals surface area contributed by atoms with Crippen molar-refractivity contribution in [3.63, 3.8) is 0 Å². The van der Waals surface area contributed by atoms with Crippen molar-refractivity contribution in [1.82, 2.24) is 29.5 Å². The lowest BCUT2D eigenvalue weighted by molar-refractivity contribution is 0.558. The lowest BCUT2D eigenvalue weighted by atomic mass is 10.2. The van der Waals surface area contributed by atoms with Gasteiger partial charge in [-0.25, -0.2) is 28.7 Å². The van der Waals surface area contributed by atoms with Gasteiger partial charge in [-0.15, -0.1) is 0 Å². The summed E-state index contributed by atoms with van der Waals surface area (Å²) in [4.78, 5) is 33.2. The maximum atomic E-state index is 14.7. The second-order valence-electron chi connectivity index (χ2n) is 6.89. The maximum absolute atomic E-state index is 14.7. The van der Waals surface area contributed by atoms with Crippen molar-refractivity contribution in [3.8, 4) is 5.69 Å². The number of halogens is 2. The third-order valence-electron chi connectivity index (χ3n) is 4.93. The number of nitrogens with one attached hydrogen (secondary N) is 2. The molecule has 0 bridgehead atoms. The number of benzene rings is 2. The van der Waals surface area contributed by atoms with E-state index in [4.69, 9.17) is 0 Å². The summed E-state index contributed by atoms with van der Waals surface area (Å²) >= 11 is 0. The first-order chi connectivity index (χ1) is 15.0. The van der Waals surface area contributed by atoms with Gasteiger partial charge in [-0.1, -0.05) is 18.2 Å². The van der Waals surface area contributed by atoms with Crippen LogP contribution in [-0.2, 0) is 0 Å². The topological polar surface area (TPSA) is 101 Å². The van der Waals surface area contributed by atoms with Crippen LogP contribution in [0.25, 0.3) is 27.8 Å². The summed E-state index contributed by atoms with van der Waals surface area (Å²) in [6, 6.07) is 9.44. The molecule has 0 saturated heterocycles. The molecular formula is C21H15F2N7O. The van der Waals surface area contributed by atoms with Crippen LogP contribution in [0, 0.1) is 11.6 Å². The van der Waals surface area contributed by atoms with Crippen molar-refractivity contribution in [2.24, 2.45) is 0 Å². The van der Waals surface area contributed by atoms with Gasteiger partial charge in [0.25, 0.3) is 5.56 Å². The molecule has 0 fully saturated rings. The number of fused-ring (bicyclic) bond motifs is 2. The van der Waals surface area contributed by atoms with E-state index in [0.717, 1.165) is 16.7 Å². The molecule has 154 valence electrons. The normalized spacial score (nSPS) is 12.4. The first kappa shape index (κ1) is 18.8. The number of rotatable bonds is 4. The molecule has 0 aliphatic heterocycles. The Morgan fingerprint density at radius 2 is 1.81 bits per heavy atom. The second-order valence-corrected chi connectivity index (χ2v) is 6.89. The number of H-pyrrole nitrogens is 1. The second kappa shape index (κ2) is 7.24. The minimum atomic E-state index is -0.870. The Kier molecular flexibility index (Phi) is 4.39. The zero-order valence-electron chi connectivity index (χ0n) is 16.2. The van der Waals surface area contributed by atoms with E-state index in [2.05, 4.69) is 30.2 Å². The first-order valence-corrected chi connectivity index (χ1v) is 9.41. The van der Waals surface area contributed by atoms with E-state index in [0.29, 0.717) is 22.5 Å². The lowest BCUT2D eigenvalue weighted by Gasteiger charge is -2.20. The lowest BCUT2D eigenvalue weighted by Crippen LogP contribution is -2.28. The van der Waals surface area contributed by atoms with E-state index in [1.807, 2.05) is 0 Å². The van der Waals surface area contributed by atoms with E-state index in [9.17, 15) is 13.6 Å². The molecule has 31 heavy (non-hydrogen) atoms. The van der Waals surface area contributed by atoms with Crippen molar-refractivity contribution in [1.29, 1.82) is 0 Å². The fourth-order valence-corrected chi connectivity index (χ4v) is 3.50. The highest BCUT2D eigenvalue weighted by atomic mass is 19.1. The zero-order chi connectivity index (χ0) is 21.5. The molecule has 2 aromatic carbocycles. The summed E-state index contributed by atoms with van der Waals surface area (Å²) in [6.45, 7) is 1.72. The molecule has 10 heteroatoms. The Morgan fingerprint density at radius 3 is 2.61 bits per heavy atom. The van der Waals surface area contributed by atoms with Crippen molar-refractivity contribution in [2.75, 3.05) is 5.32 Å². The first-order valence-electron chi connectivity index (χ1n) is 9.41. The predicted molar refractivity (Wildman–Crippen MR) is 111 cm³/mol. The minimum absolute atomic E-state index is 0.124. The van der Waals surface area contributed by atoms with E-state index in [1.54, 1.807) is 31.2 Å². The summed E-state index contributed by atoms with van der Waals surface area (Å²) in [5.41, 5.74) is 0.366. The van der Waals surface area contributed by atoms with Crippen molar-refractivity contribution < 1.29 is 8.78 Å². The van der Waals surface area contributed by atoms with Crippen LogP contribution < -0.4 is 10.9 Å². The van der Waals surface area contributed by atoms with E-state index >= 15 is 0 Å². The number of hydrogen-bond acceptors (Lipinski definition) is 6. The summed E-state index contributed by atoms with van der Waals surface area (Å²) in [6.07, 6.45) is 2.82.